The van der Waals surface area contributed by atoms with Crippen LogP contribution in [0.25, 0.3) is 0 Å². The number of anilines is 1. The summed E-state index contributed by atoms with van der Waals surface area (Å²) in [6, 6.07) is 6.25. The number of nitrogens with zero attached hydrogens (tertiary/aromatic N) is 1. The highest BCUT2D eigenvalue weighted by Crippen LogP contribution is 2.33. The van der Waals surface area contributed by atoms with Gasteiger partial charge in [-0.15, -0.1) is 0 Å². The van der Waals surface area contributed by atoms with Crippen molar-refractivity contribution in [3.05, 3.63) is 28.8 Å². The van der Waals surface area contributed by atoms with Crippen LogP contribution in [-0.4, -0.2) is 20.1 Å². The number of rotatable bonds is 4. The van der Waals surface area contributed by atoms with Crippen LogP contribution in [0.1, 0.15) is 38.7 Å². The summed E-state index contributed by atoms with van der Waals surface area (Å²) in [6.07, 6.45) is 3.90. The Morgan fingerprint density at radius 3 is 2.80 bits per heavy atom. The first-order chi connectivity index (χ1) is 9.63. The molecule has 2 rings (SSSR count). The van der Waals surface area contributed by atoms with E-state index in [-0.39, 0.29) is 0 Å². The molecule has 0 amide bonds. The fourth-order valence-corrected chi connectivity index (χ4v) is 3.57. The molecule has 1 unspecified atom stereocenters. The lowest BCUT2D eigenvalue weighted by Crippen LogP contribution is -2.26. The Labute approximate surface area is 128 Å². The number of benzene rings is 1. The molecule has 0 bridgehead atoms. The van der Waals surface area contributed by atoms with Crippen molar-refractivity contribution in [1.29, 1.82) is 0 Å². The number of hydrogen-bond donors (Lipinski definition) is 1. The maximum atomic E-state index is 6.48. The molecule has 20 heavy (non-hydrogen) atoms. The third-order valence-electron chi connectivity index (χ3n) is 4.47. The Hall–Kier alpha value is -0.730. The number of para-hydroxylation sites is 1. The van der Waals surface area contributed by atoms with E-state index in [0.717, 1.165) is 36.5 Å². The minimum Gasteiger partial charge on any atom is -0.370 e. The molecule has 0 aromatic heterocycles. The Kier molecular flexibility index (Phi) is 5.74. The second-order valence-corrected chi connectivity index (χ2v) is 6.61. The number of hydrogen-bond acceptors (Lipinski definition) is 2. The molecule has 1 fully saturated rings. The van der Waals surface area contributed by atoms with Gasteiger partial charge in [-0.25, -0.2) is 0 Å². The van der Waals surface area contributed by atoms with E-state index in [4.69, 9.17) is 11.6 Å². The van der Waals surface area contributed by atoms with Gasteiger partial charge in [-0.3, -0.25) is 0 Å². The lowest BCUT2D eigenvalue weighted by Gasteiger charge is -2.27. The summed E-state index contributed by atoms with van der Waals surface area (Å²) >= 11 is 6.48. The lowest BCUT2D eigenvalue weighted by molar-refractivity contribution is 0.351. The van der Waals surface area contributed by atoms with E-state index >= 15 is 0 Å². The first-order valence-corrected chi connectivity index (χ1v) is 8.18. The predicted molar refractivity (Wildman–Crippen MR) is 88.6 cm³/mol. The van der Waals surface area contributed by atoms with E-state index in [0.29, 0.717) is 0 Å². The minimum absolute atomic E-state index is 0.790. The third-order valence-corrected chi connectivity index (χ3v) is 4.77. The smallest absolute Gasteiger partial charge is 0.0642 e. The molecular weight excluding hydrogens is 268 g/mol. The summed E-state index contributed by atoms with van der Waals surface area (Å²) in [5, 5.41) is 4.14. The summed E-state index contributed by atoms with van der Waals surface area (Å²) in [5.74, 6) is 1.65. The molecule has 1 aromatic rings. The highest BCUT2D eigenvalue weighted by molar-refractivity contribution is 6.33. The van der Waals surface area contributed by atoms with Crippen LogP contribution in [0, 0.1) is 11.8 Å². The molecule has 1 aromatic carbocycles. The molecule has 2 nitrogen and oxygen atoms in total. The van der Waals surface area contributed by atoms with Crippen molar-refractivity contribution in [1.82, 2.24) is 5.32 Å². The predicted octanol–water partition coefficient (Wildman–Crippen LogP) is 4.32. The highest BCUT2D eigenvalue weighted by atomic mass is 35.5. The number of nitrogens with one attached hydrogen (secondary N) is 1. The Morgan fingerprint density at radius 1 is 1.30 bits per heavy atom. The fraction of sp³-hybridized carbons (Fsp3) is 0.647. The van der Waals surface area contributed by atoms with Crippen LogP contribution in [0.15, 0.2) is 18.2 Å². The van der Waals surface area contributed by atoms with Gasteiger partial charge in [0, 0.05) is 19.6 Å². The molecule has 0 aliphatic carbocycles. The topological polar surface area (TPSA) is 15.3 Å². The van der Waals surface area contributed by atoms with Crippen molar-refractivity contribution in [2.75, 3.05) is 25.0 Å². The van der Waals surface area contributed by atoms with Crippen LogP contribution in [0.3, 0.4) is 0 Å². The van der Waals surface area contributed by atoms with Crippen LogP contribution < -0.4 is 10.2 Å². The van der Waals surface area contributed by atoms with Crippen LogP contribution in [-0.2, 0) is 6.54 Å². The summed E-state index contributed by atoms with van der Waals surface area (Å²) in [4.78, 5) is 2.50. The average molecular weight is 295 g/mol. The van der Waals surface area contributed by atoms with Crippen molar-refractivity contribution in [3.8, 4) is 0 Å². The van der Waals surface area contributed by atoms with Gasteiger partial charge in [0.25, 0.3) is 0 Å². The van der Waals surface area contributed by atoms with Gasteiger partial charge in [0.2, 0.25) is 0 Å². The second kappa shape index (κ2) is 7.33. The minimum atomic E-state index is 0.790. The zero-order valence-corrected chi connectivity index (χ0v) is 13.7. The monoisotopic (exact) mass is 294 g/mol. The Bertz CT molecular complexity index is 431. The maximum absolute atomic E-state index is 6.48. The molecule has 1 atom stereocenters. The van der Waals surface area contributed by atoms with Gasteiger partial charge in [-0.05, 0) is 49.8 Å². The van der Waals surface area contributed by atoms with Crippen LogP contribution in [0.2, 0.25) is 5.02 Å². The standard InChI is InChI=1S/C17H27ClN2/c1-13(2)14-7-5-10-20(11-9-14)17-15(12-19-3)6-4-8-16(17)18/h4,6,8,13-14,19H,5,7,9-12H2,1-3H3. The summed E-state index contributed by atoms with van der Waals surface area (Å²) in [6.45, 7) is 7.83. The first kappa shape index (κ1) is 15.7. The Balaban J connectivity index is 2.19. The molecule has 0 saturated carbocycles. The van der Waals surface area contributed by atoms with Crippen LogP contribution >= 0.6 is 11.6 Å². The fourth-order valence-electron chi connectivity index (χ4n) is 3.26. The largest absolute Gasteiger partial charge is 0.370 e. The van der Waals surface area contributed by atoms with E-state index in [1.807, 2.05) is 19.2 Å². The molecule has 1 saturated heterocycles. The van der Waals surface area contributed by atoms with Crippen molar-refractivity contribution in [2.24, 2.45) is 11.8 Å². The second-order valence-electron chi connectivity index (χ2n) is 6.20. The molecule has 0 radical (unpaired) electrons. The highest BCUT2D eigenvalue weighted by Gasteiger charge is 2.22. The van der Waals surface area contributed by atoms with E-state index in [9.17, 15) is 0 Å². The lowest BCUT2D eigenvalue weighted by atomic mass is 9.89. The van der Waals surface area contributed by atoms with Crippen molar-refractivity contribution >= 4 is 17.3 Å². The normalized spacial score (nSPS) is 20.2. The van der Waals surface area contributed by atoms with E-state index in [2.05, 4.69) is 30.1 Å². The van der Waals surface area contributed by atoms with Gasteiger partial charge in [-0.1, -0.05) is 37.6 Å². The summed E-state index contributed by atoms with van der Waals surface area (Å²) in [7, 11) is 1.99. The molecule has 3 heteroatoms. The summed E-state index contributed by atoms with van der Waals surface area (Å²) in [5.41, 5.74) is 2.55. The molecule has 0 spiro atoms. The zero-order valence-electron chi connectivity index (χ0n) is 13.0. The third kappa shape index (κ3) is 3.67. The molecule has 1 aliphatic rings. The van der Waals surface area contributed by atoms with Gasteiger partial charge in [0.15, 0.2) is 0 Å². The SMILES string of the molecule is CNCc1cccc(Cl)c1N1CCCC(C(C)C)CC1. The molecular formula is C17H27ClN2. The number of halogens is 1. The van der Waals surface area contributed by atoms with Gasteiger partial charge in [-0.2, -0.15) is 0 Å². The maximum Gasteiger partial charge on any atom is 0.0642 e. The van der Waals surface area contributed by atoms with Crippen molar-refractivity contribution in [3.63, 3.8) is 0 Å². The zero-order chi connectivity index (χ0) is 14.5. The molecule has 1 heterocycles. The van der Waals surface area contributed by atoms with Crippen LogP contribution in [0.5, 0.6) is 0 Å². The molecule has 1 aliphatic heterocycles. The van der Waals surface area contributed by atoms with Gasteiger partial charge >= 0.3 is 0 Å². The quantitative estimate of drug-likeness (QED) is 0.889. The van der Waals surface area contributed by atoms with Crippen LogP contribution in [0.4, 0.5) is 5.69 Å². The Morgan fingerprint density at radius 2 is 2.10 bits per heavy atom. The average Bonchev–Trinajstić information content (AvgIpc) is 2.65. The summed E-state index contributed by atoms with van der Waals surface area (Å²) < 4.78 is 0. The van der Waals surface area contributed by atoms with Gasteiger partial charge < -0.3 is 10.2 Å². The van der Waals surface area contributed by atoms with E-state index in [1.165, 1.54) is 30.5 Å². The molecule has 1 N–H and O–H groups in total. The van der Waals surface area contributed by atoms with E-state index in [1.54, 1.807) is 0 Å². The van der Waals surface area contributed by atoms with Crippen molar-refractivity contribution < 1.29 is 0 Å². The van der Waals surface area contributed by atoms with E-state index < -0.39 is 0 Å². The molecule has 112 valence electrons. The first-order valence-electron chi connectivity index (χ1n) is 7.80. The van der Waals surface area contributed by atoms with Gasteiger partial charge in [0.05, 0.1) is 10.7 Å². The van der Waals surface area contributed by atoms with Crippen molar-refractivity contribution in [2.45, 2.75) is 39.7 Å². The van der Waals surface area contributed by atoms with Gasteiger partial charge in [0.1, 0.15) is 0 Å².